The van der Waals surface area contributed by atoms with Crippen molar-refractivity contribution in [1.82, 2.24) is 14.8 Å². The number of aromatic nitrogens is 3. The molecule has 1 saturated carbocycles. The summed E-state index contributed by atoms with van der Waals surface area (Å²) in [5, 5.41) is 4.68. The first-order valence-electron chi connectivity index (χ1n) is 6.29. The van der Waals surface area contributed by atoms with E-state index in [-0.39, 0.29) is 23.9 Å². The highest BCUT2D eigenvalue weighted by molar-refractivity contribution is 6.30. The van der Waals surface area contributed by atoms with Gasteiger partial charge in [0, 0.05) is 17.4 Å². The maximum atomic E-state index is 12.2. The average molecular weight is 290 g/mol. The predicted octanol–water partition coefficient (Wildman–Crippen LogP) is 2.19. The van der Waals surface area contributed by atoms with Gasteiger partial charge in [-0.3, -0.25) is 9.59 Å². The minimum absolute atomic E-state index is 0.0331. The monoisotopic (exact) mass is 289 g/mol. The highest BCUT2D eigenvalue weighted by atomic mass is 35.5. The molecule has 0 aliphatic heterocycles. The molecule has 0 amide bonds. The van der Waals surface area contributed by atoms with Crippen LogP contribution in [0.2, 0.25) is 5.02 Å². The zero-order valence-electron chi connectivity index (χ0n) is 10.6. The minimum Gasteiger partial charge on any atom is -0.299 e. The van der Waals surface area contributed by atoms with E-state index in [0.717, 1.165) is 5.56 Å². The van der Waals surface area contributed by atoms with Gasteiger partial charge in [0.25, 0.3) is 0 Å². The van der Waals surface area contributed by atoms with Crippen LogP contribution in [0.5, 0.6) is 0 Å². The Bertz CT molecular complexity index is 637. The van der Waals surface area contributed by atoms with Crippen LogP contribution < -0.4 is 0 Å². The second kappa shape index (κ2) is 5.17. The molecule has 1 heterocycles. The largest absolute Gasteiger partial charge is 0.299 e. The highest BCUT2D eigenvalue weighted by Gasteiger charge is 2.38. The van der Waals surface area contributed by atoms with Gasteiger partial charge in [-0.2, -0.15) is 5.10 Å². The van der Waals surface area contributed by atoms with Gasteiger partial charge in [-0.15, -0.1) is 0 Å². The molecule has 20 heavy (non-hydrogen) atoms. The summed E-state index contributed by atoms with van der Waals surface area (Å²) >= 11 is 5.88. The second-order valence-corrected chi connectivity index (χ2v) is 5.30. The molecule has 0 saturated heterocycles. The lowest BCUT2D eigenvalue weighted by molar-refractivity contribution is -0.133. The summed E-state index contributed by atoms with van der Waals surface area (Å²) in [7, 11) is 0. The van der Waals surface area contributed by atoms with Crippen LogP contribution in [0.3, 0.4) is 0 Å². The molecule has 0 N–H and O–H groups in total. The van der Waals surface area contributed by atoms with E-state index in [0.29, 0.717) is 11.4 Å². The summed E-state index contributed by atoms with van der Waals surface area (Å²) in [5.41, 5.74) is 0.913. The van der Waals surface area contributed by atoms with Crippen molar-refractivity contribution in [3.05, 3.63) is 47.5 Å². The van der Waals surface area contributed by atoms with E-state index in [2.05, 4.69) is 10.1 Å². The number of carbonyl (C=O) groups excluding carboxylic acids is 2. The Labute approximate surface area is 120 Å². The van der Waals surface area contributed by atoms with Gasteiger partial charge in [0.05, 0.1) is 6.42 Å². The van der Waals surface area contributed by atoms with Crippen molar-refractivity contribution in [3.63, 3.8) is 0 Å². The normalized spacial score (nSPS) is 23.1. The van der Waals surface area contributed by atoms with Crippen molar-refractivity contribution in [3.8, 4) is 0 Å². The van der Waals surface area contributed by atoms with Crippen LogP contribution in [0.15, 0.2) is 36.9 Å². The number of halogens is 1. The Kier molecular flexibility index (Phi) is 3.36. The standard InChI is InChI=1S/C14H12ClN3O2/c15-10-3-1-9(2-4-10)12-5-11(19)6-13(20)14(12)18-8-16-7-17-18/h1-4,7-8,12,14H,5-6H2. The summed E-state index contributed by atoms with van der Waals surface area (Å²) < 4.78 is 1.54. The molecule has 1 aromatic carbocycles. The van der Waals surface area contributed by atoms with Gasteiger partial charge in [-0.05, 0) is 17.7 Å². The van der Waals surface area contributed by atoms with Crippen molar-refractivity contribution >= 4 is 23.2 Å². The van der Waals surface area contributed by atoms with Crippen molar-refractivity contribution in [2.45, 2.75) is 24.8 Å². The van der Waals surface area contributed by atoms with E-state index in [1.54, 1.807) is 12.1 Å². The van der Waals surface area contributed by atoms with Crippen LogP contribution in [-0.2, 0) is 9.59 Å². The first-order valence-corrected chi connectivity index (χ1v) is 6.67. The summed E-state index contributed by atoms with van der Waals surface area (Å²) in [5.74, 6) is -0.374. The summed E-state index contributed by atoms with van der Waals surface area (Å²) in [6.07, 6.45) is 3.20. The lowest BCUT2D eigenvalue weighted by Gasteiger charge is -2.29. The fourth-order valence-electron chi connectivity index (χ4n) is 2.66. The van der Waals surface area contributed by atoms with Crippen molar-refractivity contribution in [1.29, 1.82) is 0 Å². The number of ketones is 2. The topological polar surface area (TPSA) is 64.8 Å². The summed E-state index contributed by atoms with van der Waals surface area (Å²) in [4.78, 5) is 27.9. The molecule has 0 radical (unpaired) electrons. The number of Topliss-reactive ketones (excluding diaryl/α,β-unsaturated/α-hetero) is 2. The maximum Gasteiger partial charge on any atom is 0.165 e. The quantitative estimate of drug-likeness (QED) is 0.795. The fourth-order valence-corrected chi connectivity index (χ4v) is 2.78. The molecular weight excluding hydrogens is 278 g/mol. The van der Waals surface area contributed by atoms with Gasteiger partial charge in [-0.25, -0.2) is 9.67 Å². The number of benzene rings is 1. The lowest BCUT2D eigenvalue weighted by atomic mass is 9.78. The molecule has 1 aliphatic rings. The SMILES string of the molecule is O=C1CC(=O)C(n2cncn2)C(c2ccc(Cl)cc2)C1. The van der Waals surface area contributed by atoms with Crippen LogP contribution in [0, 0.1) is 0 Å². The van der Waals surface area contributed by atoms with Crippen molar-refractivity contribution in [2.24, 2.45) is 0 Å². The first kappa shape index (κ1) is 13.0. The molecule has 102 valence electrons. The molecule has 1 aliphatic carbocycles. The maximum absolute atomic E-state index is 12.2. The number of hydrogen-bond donors (Lipinski definition) is 0. The zero-order chi connectivity index (χ0) is 14.1. The third-order valence-corrected chi connectivity index (χ3v) is 3.80. The van der Waals surface area contributed by atoms with E-state index in [1.807, 2.05) is 12.1 Å². The predicted molar refractivity (Wildman–Crippen MR) is 72.5 cm³/mol. The second-order valence-electron chi connectivity index (χ2n) is 4.86. The molecule has 1 fully saturated rings. The van der Waals surface area contributed by atoms with Crippen LogP contribution in [0.1, 0.15) is 30.4 Å². The molecule has 0 bridgehead atoms. The van der Waals surface area contributed by atoms with Crippen molar-refractivity contribution < 1.29 is 9.59 Å². The molecule has 1 aromatic heterocycles. The number of rotatable bonds is 2. The third-order valence-electron chi connectivity index (χ3n) is 3.55. The van der Waals surface area contributed by atoms with Crippen LogP contribution in [-0.4, -0.2) is 26.3 Å². The van der Waals surface area contributed by atoms with E-state index in [1.165, 1.54) is 17.3 Å². The van der Waals surface area contributed by atoms with E-state index >= 15 is 0 Å². The van der Waals surface area contributed by atoms with Gasteiger partial charge in [0.1, 0.15) is 24.5 Å². The Hall–Kier alpha value is -2.01. The Morgan fingerprint density at radius 3 is 2.60 bits per heavy atom. The van der Waals surface area contributed by atoms with Crippen LogP contribution >= 0.6 is 11.6 Å². The van der Waals surface area contributed by atoms with E-state index in [4.69, 9.17) is 11.6 Å². The molecule has 2 unspecified atom stereocenters. The Morgan fingerprint density at radius 1 is 1.20 bits per heavy atom. The van der Waals surface area contributed by atoms with Crippen LogP contribution in [0.25, 0.3) is 0 Å². The number of carbonyl (C=O) groups is 2. The smallest absolute Gasteiger partial charge is 0.165 e. The summed E-state index contributed by atoms with van der Waals surface area (Å²) in [6.45, 7) is 0. The average Bonchev–Trinajstić information content (AvgIpc) is 2.92. The first-order chi connectivity index (χ1) is 9.65. The fraction of sp³-hybridized carbons (Fsp3) is 0.286. The van der Waals surface area contributed by atoms with Gasteiger partial charge in [0.2, 0.25) is 0 Å². The Balaban J connectivity index is 2.01. The van der Waals surface area contributed by atoms with Gasteiger partial charge >= 0.3 is 0 Å². The molecule has 2 atom stereocenters. The van der Waals surface area contributed by atoms with E-state index < -0.39 is 6.04 Å². The molecule has 2 aromatic rings. The zero-order valence-corrected chi connectivity index (χ0v) is 11.3. The van der Waals surface area contributed by atoms with Gasteiger partial charge < -0.3 is 0 Å². The number of hydrogen-bond acceptors (Lipinski definition) is 4. The molecule has 6 heteroatoms. The van der Waals surface area contributed by atoms with Crippen LogP contribution in [0.4, 0.5) is 0 Å². The number of nitrogens with zero attached hydrogens (tertiary/aromatic N) is 3. The lowest BCUT2D eigenvalue weighted by Crippen LogP contribution is -2.34. The van der Waals surface area contributed by atoms with Crippen molar-refractivity contribution in [2.75, 3.05) is 0 Å². The summed E-state index contributed by atoms with van der Waals surface area (Å²) in [6, 6.07) is 6.75. The van der Waals surface area contributed by atoms with E-state index in [9.17, 15) is 9.59 Å². The third kappa shape index (κ3) is 2.36. The highest BCUT2D eigenvalue weighted by Crippen LogP contribution is 2.37. The van der Waals surface area contributed by atoms with Gasteiger partial charge in [-0.1, -0.05) is 23.7 Å². The Morgan fingerprint density at radius 2 is 1.95 bits per heavy atom. The molecule has 0 spiro atoms. The molecule has 3 rings (SSSR count). The molecular formula is C14H12ClN3O2. The minimum atomic E-state index is -0.476. The van der Waals surface area contributed by atoms with Gasteiger partial charge in [0.15, 0.2) is 5.78 Å². The molecule has 5 nitrogen and oxygen atoms in total.